The Hall–Kier alpha value is -2.88. The summed E-state index contributed by atoms with van der Waals surface area (Å²) in [7, 11) is 0. The van der Waals surface area contributed by atoms with E-state index in [4.69, 9.17) is 10.8 Å². The van der Waals surface area contributed by atoms with Crippen LogP contribution in [0.5, 0.6) is 0 Å². The second-order valence-electron chi connectivity index (χ2n) is 7.52. The number of fused-ring (bicyclic) bond motifs is 4. The lowest BCUT2D eigenvalue weighted by atomic mass is 9.68. The van der Waals surface area contributed by atoms with Crippen molar-refractivity contribution in [2.45, 2.75) is 37.5 Å². The second kappa shape index (κ2) is 5.56. The van der Waals surface area contributed by atoms with Gasteiger partial charge in [-0.05, 0) is 24.8 Å². The molecule has 0 radical (unpaired) electrons. The Morgan fingerprint density at radius 3 is 2.42 bits per heavy atom. The average Bonchev–Trinajstić information content (AvgIpc) is 3.13. The van der Waals surface area contributed by atoms with Crippen molar-refractivity contribution in [2.24, 2.45) is 0 Å². The molecule has 0 unspecified atom stereocenters. The van der Waals surface area contributed by atoms with E-state index in [1.165, 1.54) is 10.2 Å². The van der Waals surface area contributed by atoms with Crippen LogP contribution in [-0.4, -0.2) is 9.66 Å². The molecule has 2 aliphatic rings. The third-order valence-corrected chi connectivity index (χ3v) is 6.04. The van der Waals surface area contributed by atoms with Gasteiger partial charge in [-0.15, -0.1) is 0 Å². The van der Waals surface area contributed by atoms with Crippen molar-refractivity contribution in [1.29, 1.82) is 0 Å². The van der Waals surface area contributed by atoms with E-state index in [1.807, 2.05) is 36.4 Å². The van der Waals surface area contributed by atoms with Gasteiger partial charge in [-0.1, -0.05) is 67.4 Å². The van der Waals surface area contributed by atoms with Gasteiger partial charge in [0.1, 0.15) is 0 Å². The van der Waals surface area contributed by atoms with Crippen molar-refractivity contribution in [3.8, 4) is 22.6 Å². The molecule has 0 amide bonds. The molecule has 4 nitrogen and oxygen atoms in total. The highest BCUT2D eigenvalue weighted by Crippen LogP contribution is 2.49. The highest BCUT2D eigenvalue weighted by molar-refractivity contribution is 5.74. The van der Waals surface area contributed by atoms with E-state index >= 15 is 0 Å². The minimum atomic E-state index is -0.107. The Morgan fingerprint density at radius 1 is 0.962 bits per heavy atom. The van der Waals surface area contributed by atoms with Gasteiger partial charge in [0.2, 0.25) is 0 Å². The minimum absolute atomic E-state index is 0.0924. The van der Waals surface area contributed by atoms with Gasteiger partial charge in [-0.3, -0.25) is 4.79 Å². The summed E-state index contributed by atoms with van der Waals surface area (Å²) < 4.78 is 1.25. The third kappa shape index (κ3) is 2.08. The summed E-state index contributed by atoms with van der Waals surface area (Å²) in [6, 6.07) is 18.1. The molecule has 0 atom stereocenters. The number of rotatable bonds is 1. The Bertz CT molecular complexity index is 1050. The summed E-state index contributed by atoms with van der Waals surface area (Å²) in [5, 5.41) is 0. The average molecular weight is 343 g/mol. The van der Waals surface area contributed by atoms with Gasteiger partial charge < -0.3 is 5.84 Å². The third-order valence-electron chi connectivity index (χ3n) is 6.04. The summed E-state index contributed by atoms with van der Waals surface area (Å²) >= 11 is 0. The van der Waals surface area contributed by atoms with Crippen LogP contribution in [0.25, 0.3) is 22.6 Å². The van der Waals surface area contributed by atoms with E-state index < -0.39 is 0 Å². The van der Waals surface area contributed by atoms with Gasteiger partial charge in [-0.25, -0.2) is 9.66 Å². The highest BCUT2D eigenvalue weighted by atomic mass is 16.1. The number of hydrogen-bond acceptors (Lipinski definition) is 3. The van der Waals surface area contributed by atoms with Crippen LogP contribution in [0.4, 0.5) is 0 Å². The van der Waals surface area contributed by atoms with Gasteiger partial charge in [-0.2, -0.15) is 0 Å². The van der Waals surface area contributed by atoms with E-state index in [-0.39, 0.29) is 11.0 Å². The predicted octanol–water partition coefficient (Wildman–Crippen LogP) is 3.66. The fourth-order valence-electron chi connectivity index (χ4n) is 4.83. The predicted molar refractivity (Wildman–Crippen MR) is 103 cm³/mol. The van der Waals surface area contributed by atoms with Gasteiger partial charge in [0.15, 0.2) is 5.82 Å². The van der Waals surface area contributed by atoms with E-state index in [2.05, 4.69) is 18.2 Å². The van der Waals surface area contributed by atoms with Gasteiger partial charge in [0.05, 0.1) is 11.3 Å². The highest BCUT2D eigenvalue weighted by Gasteiger charge is 2.44. The molecule has 2 aliphatic carbocycles. The molecular weight excluding hydrogens is 322 g/mol. The van der Waals surface area contributed by atoms with Crippen molar-refractivity contribution >= 4 is 0 Å². The molecule has 1 saturated carbocycles. The lowest BCUT2D eigenvalue weighted by Crippen LogP contribution is -2.42. The van der Waals surface area contributed by atoms with Crippen molar-refractivity contribution in [3.63, 3.8) is 0 Å². The lowest BCUT2D eigenvalue weighted by molar-refractivity contribution is 0.424. The molecule has 0 bridgehead atoms. The largest absolute Gasteiger partial charge is 0.334 e. The SMILES string of the molecule is Nn1c(-c2ccccc2)nc2c(c1=O)C1(CCCC1)Cc1ccccc1-2. The van der Waals surface area contributed by atoms with Crippen LogP contribution in [0, 0.1) is 0 Å². The zero-order valence-corrected chi connectivity index (χ0v) is 14.6. The topological polar surface area (TPSA) is 60.9 Å². The molecule has 5 rings (SSSR count). The summed E-state index contributed by atoms with van der Waals surface area (Å²) in [4.78, 5) is 18.3. The molecule has 2 aromatic carbocycles. The summed E-state index contributed by atoms with van der Waals surface area (Å²) in [6.45, 7) is 0. The smallest absolute Gasteiger partial charge is 0.276 e. The minimum Gasteiger partial charge on any atom is -0.334 e. The van der Waals surface area contributed by atoms with E-state index in [1.54, 1.807) is 0 Å². The molecular formula is C22H21N3O. The first-order valence-corrected chi connectivity index (χ1v) is 9.26. The molecule has 1 aromatic heterocycles. The van der Waals surface area contributed by atoms with Crippen molar-refractivity contribution in [1.82, 2.24) is 9.66 Å². The Morgan fingerprint density at radius 2 is 1.65 bits per heavy atom. The number of benzene rings is 2. The molecule has 1 fully saturated rings. The van der Waals surface area contributed by atoms with Crippen LogP contribution in [0.3, 0.4) is 0 Å². The fourth-order valence-corrected chi connectivity index (χ4v) is 4.83. The number of nitrogen functional groups attached to an aromatic ring is 1. The normalized spacial score (nSPS) is 17.1. The molecule has 0 saturated heterocycles. The lowest BCUT2D eigenvalue weighted by Gasteiger charge is -2.36. The quantitative estimate of drug-likeness (QED) is 0.686. The number of nitrogens with zero attached hydrogens (tertiary/aromatic N) is 2. The first kappa shape index (κ1) is 15.4. The number of nitrogens with two attached hydrogens (primary N) is 1. The zero-order chi connectivity index (χ0) is 17.7. The van der Waals surface area contributed by atoms with Crippen LogP contribution >= 0.6 is 0 Å². The molecule has 1 heterocycles. The molecule has 26 heavy (non-hydrogen) atoms. The first-order chi connectivity index (χ1) is 12.7. The number of aromatic nitrogens is 2. The zero-order valence-electron chi connectivity index (χ0n) is 14.6. The maximum absolute atomic E-state index is 13.4. The van der Waals surface area contributed by atoms with Crippen molar-refractivity contribution in [2.75, 3.05) is 5.84 Å². The fraction of sp³-hybridized carbons (Fsp3) is 0.273. The van der Waals surface area contributed by atoms with Crippen molar-refractivity contribution < 1.29 is 0 Å². The molecule has 2 N–H and O–H groups in total. The maximum atomic E-state index is 13.4. The summed E-state index contributed by atoms with van der Waals surface area (Å²) in [5.41, 5.74) is 4.70. The monoisotopic (exact) mass is 343 g/mol. The van der Waals surface area contributed by atoms with Crippen molar-refractivity contribution in [3.05, 3.63) is 76.1 Å². The molecule has 4 heteroatoms. The molecule has 0 aliphatic heterocycles. The summed E-state index contributed by atoms with van der Waals surface area (Å²) in [6.07, 6.45) is 5.31. The molecule has 130 valence electrons. The van der Waals surface area contributed by atoms with E-state index in [0.29, 0.717) is 5.82 Å². The van der Waals surface area contributed by atoms with E-state index in [0.717, 1.165) is 54.5 Å². The van der Waals surface area contributed by atoms with E-state index in [9.17, 15) is 4.79 Å². The molecule has 1 spiro atoms. The standard InChI is InChI=1S/C22H21N3O/c23-25-20(15-8-2-1-3-9-15)24-19-17-11-5-4-10-16(17)14-22(12-6-7-13-22)18(19)21(25)26/h1-5,8-11H,6-7,12-14,23H2. The maximum Gasteiger partial charge on any atom is 0.276 e. The van der Waals surface area contributed by atoms with Crippen LogP contribution < -0.4 is 11.4 Å². The van der Waals surface area contributed by atoms with Gasteiger partial charge >= 0.3 is 0 Å². The van der Waals surface area contributed by atoms with Gasteiger partial charge in [0, 0.05) is 16.5 Å². The Kier molecular flexibility index (Phi) is 3.29. The molecule has 3 aromatic rings. The Labute approximate surface area is 152 Å². The number of hydrogen-bond donors (Lipinski definition) is 1. The van der Waals surface area contributed by atoms with Crippen LogP contribution in [0.2, 0.25) is 0 Å². The second-order valence-corrected chi connectivity index (χ2v) is 7.52. The first-order valence-electron chi connectivity index (χ1n) is 9.26. The van der Waals surface area contributed by atoms with Crippen LogP contribution in [-0.2, 0) is 11.8 Å². The van der Waals surface area contributed by atoms with Crippen LogP contribution in [0.15, 0.2) is 59.4 Å². The summed E-state index contributed by atoms with van der Waals surface area (Å²) in [5.74, 6) is 6.78. The van der Waals surface area contributed by atoms with Crippen LogP contribution in [0.1, 0.15) is 36.8 Å². The Balaban J connectivity index is 1.85. The van der Waals surface area contributed by atoms with Gasteiger partial charge in [0.25, 0.3) is 5.56 Å².